The SMILES string of the molecule is C=C[C@@H](N)c1cc(C#N)cc(OC)c1O. The van der Waals surface area contributed by atoms with E-state index in [0.717, 1.165) is 0 Å². The van der Waals surface area contributed by atoms with Gasteiger partial charge in [-0.25, -0.2) is 0 Å². The summed E-state index contributed by atoms with van der Waals surface area (Å²) in [5.41, 5.74) is 6.52. The Morgan fingerprint density at radius 2 is 2.33 bits per heavy atom. The number of nitriles is 1. The molecule has 1 atom stereocenters. The van der Waals surface area contributed by atoms with Gasteiger partial charge in [-0.05, 0) is 6.07 Å². The highest BCUT2D eigenvalue weighted by Crippen LogP contribution is 2.34. The van der Waals surface area contributed by atoms with Gasteiger partial charge in [0.2, 0.25) is 0 Å². The van der Waals surface area contributed by atoms with Crippen LogP contribution in [0.25, 0.3) is 0 Å². The van der Waals surface area contributed by atoms with Gasteiger partial charge in [-0.1, -0.05) is 6.08 Å². The molecule has 0 aromatic heterocycles. The van der Waals surface area contributed by atoms with Crippen molar-refractivity contribution >= 4 is 0 Å². The maximum Gasteiger partial charge on any atom is 0.162 e. The predicted molar refractivity (Wildman–Crippen MR) is 56.5 cm³/mol. The van der Waals surface area contributed by atoms with Crippen molar-refractivity contribution in [3.05, 3.63) is 35.9 Å². The van der Waals surface area contributed by atoms with E-state index in [1.807, 2.05) is 6.07 Å². The Morgan fingerprint density at radius 3 is 2.80 bits per heavy atom. The van der Waals surface area contributed by atoms with Crippen molar-refractivity contribution in [1.82, 2.24) is 0 Å². The zero-order valence-corrected chi connectivity index (χ0v) is 8.40. The van der Waals surface area contributed by atoms with Gasteiger partial charge in [0, 0.05) is 11.6 Å². The fourth-order valence-electron chi connectivity index (χ4n) is 1.23. The lowest BCUT2D eigenvalue weighted by Crippen LogP contribution is -2.07. The number of phenolic OH excluding ortho intramolecular Hbond substituents is 1. The van der Waals surface area contributed by atoms with E-state index in [4.69, 9.17) is 15.7 Å². The van der Waals surface area contributed by atoms with Gasteiger partial charge in [-0.15, -0.1) is 6.58 Å². The third kappa shape index (κ3) is 2.09. The molecular formula is C11H12N2O2. The highest BCUT2D eigenvalue weighted by atomic mass is 16.5. The van der Waals surface area contributed by atoms with Gasteiger partial charge < -0.3 is 15.6 Å². The molecule has 0 fully saturated rings. The van der Waals surface area contributed by atoms with Crippen LogP contribution in [0.4, 0.5) is 0 Å². The zero-order chi connectivity index (χ0) is 11.4. The summed E-state index contributed by atoms with van der Waals surface area (Å²) >= 11 is 0. The molecule has 0 saturated heterocycles. The summed E-state index contributed by atoms with van der Waals surface area (Å²) < 4.78 is 4.93. The first-order valence-corrected chi connectivity index (χ1v) is 4.33. The molecule has 3 N–H and O–H groups in total. The van der Waals surface area contributed by atoms with Gasteiger partial charge in [0.05, 0.1) is 24.8 Å². The number of nitrogens with zero attached hydrogens (tertiary/aromatic N) is 1. The fraction of sp³-hybridized carbons (Fsp3) is 0.182. The van der Waals surface area contributed by atoms with Crippen LogP contribution in [-0.4, -0.2) is 12.2 Å². The van der Waals surface area contributed by atoms with Crippen LogP contribution in [0.3, 0.4) is 0 Å². The number of methoxy groups -OCH3 is 1. The quantitative estimate of drug-likeness (QED) is 0.730. The molecule has 0 saturated carbocycles. The van der Waals surface area contributed by atoms with Gasteiger partial charge in [-0.2, -0.15) is 5.26 Å². The Bertz CT molecular complexity index is 421. The average molecular weight is 204 g/mol. The summed E-state index contributed by atoms with van der Waals surface area (Å²) in [6, 6.07) is 4.42. The summed E-state index contributed by atoms with van der Waals surface area (Å²) in [5.74, 6) is 0.185. The molecule has 0 heterocycles. The molecule has 4 heteroatoms. The van der Waals surface area contributed by atoms with E-state index in [9.17, 15) is 5.11 Å². The molecule has 0 unspecified atom stereocenters. The minimum Gasteiger partial charge on any atom is -0.504 e. The zero-order valence-electron chi connectivity index (χ0n) is 8.40. The summed E-state index contributed by atoms with van der Waals surface area (Å²) in [4.78, 5) is 0. The second kappa shape index (κ2) is 4.49. The van der Waals surface area contributed by atoms with Crippen molar-refractivity contribution in [1.29, 1.82) is 5.26 Å². The normalized spacial score (nSPS) is 11.5. The average Bonchev–Trinajstić information content (AvgIpc) is 2.28. The standard InChI is InChI=1S/C11H12N2O2/c1-3-9(13)8-4-7(6-12)5-10(15-2)11(8)14/h3-5,9,14H,1,13H2,2H3/t9-/m1/s1. The van der Waals surface area contributed by atoms with Crippen LogP contribution in [0.1, 0.15) is 17.2 Å². The molecule has 78 valence electrons. The van der Waals surface area contributed by atoms with Crippen molar-refractivity contribution in [2.24, 2.45) is 5.73 Å². The second-order valence-corrected chi connectivity index (χ2v) is 2.99. The second-order valence-electron chi connectivity index (χ2n) is 2.99. The summed E-state index contributed by atoms with van der Waals surface area (Å²) in [6.45, 7) is 3.53. The van der Waals surface area contributed by atoms with Crippen LogP contribution < -0.4 is 10.5 Å². The molecule has 15 heavy (non-hydrogen) atoms. The maximum atomic E-state index is 9.75. The van der Waals surface area contributed by atoms with E-state index in [0.29, 0.717) is 11.1 Å². The molecular weight excluding hydrogens is 192 g/mol. The van der Waals surface area contributed by atoms with E-state index in [1.54, 1.807) is 0 Å². The van der Waals surface area contributed by atoms with Gasteiger partial charge >= 0.3 is 0 Å². The Balaban J connectivity index is 3.37. The van der Waals surface area contributed by atoms with E-state index < -0.39 is 6.04 Å². The summed E-state index contributed by atoms with van der Waals surface area (Å²) in [5, 5.41) is 18.5. The van der Waals surface area contributed by atoms with E-state index in [1.165, 1.54) is 25.3 Å². The molecule has 0 aliphatic carbocycles. The van der Waals surface area contributed by atoms with E-state index in [2.05, 4.69) is 6.58 Å². The Hall–Kier alpha value is -1.99. The van der Waals surface area contributed by atoms with Crippen molar-refractivity contribution in [2.45, 2.75) is 6.04 Å². The molecule has 0 spiro atoms. The number of hydrogen-bond acceptors (Lipinski definition) is 4. The van der Waals surface area contributed by atoms with Crippen LogP contribution in [-0.2, 0) is 0 Å². The van der Waals surface area contributed by atoms with Gasteiger partial charge in [0.15, 0.2) is 11.5 Å². The molecule has 0 aliphatic rings. The molecule has 1 aromatic carbocycles. The van der Waals surface area contributed by atoms with Crippen molar-refractivity contribution in [3.63, 3.8) is 0 Å². The number of benzene rings is 1. The van der Waals surface area contributed by atoms with Crippen LogP contribution >= 0.6 is 0 Å². The Labute approximate surface area is 88.2 Å². The molecule has 0 amide bonds. The lowest BCUT2D eigenvalue weighted by Gasteiger charge is -2.12. The maximum absolute atomic E-state index is 9.75. The third-order valence-corrected chi connectivity index (χ3v) is 2.07. The molecule has 0 bridgehead atoms. The fourth-order valence-corrected chi connectivity index (χ4v) is 1.23. The minimum absolute atomic E-state index is 0.0519. The third-order valence-electron chi connectivity index (χ3n) is 2.07. The first-order valence-electron chi connectivity index (χ1n) is 4.33. The topological polar surface area (TPSA) is 79.3 Å². The minimum atomic E-state index is -0.521. The van der Waals surface area contributed by atoms with Crippen LogP contribution in [0.15, 0.2) is 24.8 Å². The highest BCUT2D eigenvalue weighted by molar-refractivity contribution is 5.53. The predicted octanol–water partition coefficient (Wildman–Crippen LogP) is 1.46. The van der Waals surface area contributed by atoms with Crippen molar-refractivity contribution in [3.8, 4) is 17.6 Å². The molecule has 4 nitrogen and oxygen atoms in total. The Morgan fingerprint density at radius 1 is 1.67 bits per heavy atom. The summed E-state index contributed by atoms with van der Waals surface area (Å²) in [7, 11) is 1.42. The lowest BCUT2D eigenvalue weighted by atomic mass is 10.0. The molecule has 0 radical (unpaired) electrons. The monoisotopic (exact) mass is 204 g/mol. The van der Waals surface area contributed by atoms with Crippen molar-refractivity contribution in [2.75, 3.05) is 7.11 Å². The van der Waals surface area contributed by atoms with Crippen molar-refractivity contribution < 1.29 is 9.84 Å². The number of rotatable bonds is 3. The van der Waals surface area contributed by atoms with Gasteiger partial charge in [0.1, 0.15) is 0 Å². The number of phenols is 1. The summed E-state index contributed by atoms with van der Waals surface area (Å²) in [6.07, 6.45) is 1.48. The number of ether oxygens (including phenoxy) is 1. The first-order chi connectivity index (χ1) is 7.13. The van der Waals surface area contributed by atoms with Gasteiger partial charge in [0.25, 0.3) is 0 Å². The highest BCUT2D eigenvalue weighted by Gasteiger charge is 2.14. The molecule has 1 aromatic rings. The largest absolute Gasteiger partial charge is 0.504 e. The van der Waals surface area contributed by atoms with Gasteiger partial charge in [-0.3, -0.25) is 0 Å². The molecule has 1 rings (SSSR count). The van der Waals surface area contributed by atoms with Crippen LogP contribution in [0.5, 0.6) is 11.5 Å². The van der Waals surface area contributed by atoms with E-state index >= 15 is 0 Å². The Kier molecular flexibility index (Phi) is 3.32. The smallest absolute Gasteiger partial charge is 0.162 e. The number of nitrogens with two attached hydrogens (primary N) is 1. The van der Waals surface area contributed by atoms with E-state index in [-0.39, 0.29) is 11.5 Å². The number of aromatic hydroxyl groups is 1. The number of hydrogen-bond donors (Lipinski definition) is 2. The molecule has 0 aliphatic heterocycles. The van der Waals surface area contributed by atoms with Crippen LogP contribution in [0.2, 0.25) is 0 Å². The first kappa shape index (κ1) is 11.1. The lowest BCUT2D eigenvalue weighted by molar-refractivity contribution is 0.369. The van der Waals surface area contributed by atoms with Crippen LogP contribution in [0, 0.1) is 11.3 Å².